The van der Waals surface area contributed by atoms with Gasteiger partial charge in [0, 0.05) is 12.6 Å². The van der Waals surface area contributed by atoms with Crippen LogP contribution in [0.3, 0.4) is 0 Å². The third kappa shape index (κ3) is 5.41. The van der Waals surface area contributed by atoms with Gasteiger partial charge in [0.2, 0.25) is 0 Å². The summed E-state index contributed by atoms with van der Waals surface area (Å²) in [6.07, 6.45) is -1.12. The highest BCUT2D eigenvalue weighted by atomic mass is 32.2. The first-order valence-corrected chi connectivity index (χ1v) is 8.24. The van der Waals surface area contributed by atoms with Crippen LogP contribution in [0.4, 0.5) is 5.69 Å². The second kappa shape index (κ2) is 7.48. The van der Waals surface area contributed by atoms with Gasteiger partial charge in [-0.05, 0) is 18.5 Å². The molecule has 0 saturated heterocycles. The molecule has 118 valence electrons. The zero-order chi connectivity index (χ0) is 16.0. The zero-order valence-electron chi connectivity index (χ0n) is 12.0. The largest absolute Gasteiger partial charge is 0.391 e. The lowest BCUT2D eigenvalue weighted by Crippen LogP contribution is -2.34. The van der Waals surface area contributed by atoms with Crippen LogP contribution in [0.5, 0.6) is 0 Å². The van der Waals surface area contributed by atoms with Crippen LogP contribution in [0.25, 0.3) is 0 Å². The smallest absolute Gasteiger partial charge is 0.287 e. The van der Waals surface area contributed by atoms with E-state index in [4.69, 9.17) is 0 Å². The number of rotatable bonds is 8. The number of sulfone groups is 1. The van der Waals surface area contributed by atoms with Crippen molar-refractivity contribution in [1.82, 2.24) is 5.32 Å². The van der Waals surface area contributed by atoms with E-state index < -0.39 is 32.3 Å². The molecule has 0 fully saturated rings. The van der Waals surface area contributed by atoms with Gasteiger partial charge in [-0.1, -0.05) is 26.0 Å². The molecular weight excluding hydrogens is 296 g/mol. The highest BCUT2D eigenvalue weighted by Crippen LogP contribution is 2.24. The highest BCUT2D eigenvalue weighted by Gasteiger charge is 2.27. The van der Waals surface area contributed by atoms with Crippen LogP contribution in [0, 0.1) is 16.0 Å². The average molecular weight is 316 g/mol. The van der Waals surface area contributed by atoms with Crippen molar-refractivity contribution >= 4 is 15.5 Å². The van der Waals surface area contributed by atoms with Gasteiger partial charge in [0.25, 0.3) is 5.69 Å². The normalized spacial score (nSPS) is 13.3. The molecule has 1 aromatic carbocycles. The number of aliphatic hydroxyl groups excluding tert-OH is 1. The van der Waals surface area contributed by atoms with Gasteiger partial charge in [0.15, 0.2) is 9.84 Å². The Morgan fingerprint density at radius 1 is 1.29 bits per heavy atom. The van der Waals surface area contributed by atoms with Crippen molar-refractivity contribution in [1.29, 1.82) is 0 Å². The zero-order valence-corrected chi connectivity index (χ0v) is 12.8. The van der Waals surface area contributed by atoms with Crippen molar-refractivity contribution in [2.45, 2.75) is 24.8 Å². The van der Waals surface area contributed by atoms with Crippen LogP contribution >= 0.6 is 0 Å². The van der Waals surface area contributed by atoms with Crippen molar-refractivity contribution < 1.29 is 18.4 Å². The van der Waals surface area contributed by atoms with Crippen molar-refractivity contribution in [3.63, 3.8) is 0 Å². The molecule has 0 amide bonds. The van der Waals surface area contributed by atoms with Gasteiger partial charge in [-0.3, -0.25) is 10.1 Å². The SMILES string of the molecule is CC(C)CNCC(O)CS(=O)(=O)c1ccccc1[N+](=O)[O-]. The van der Waals surface area contributed by atoms with Crippen LogP contribution in [-0.2, 0) is 9.84 Å². The van der Waals surface area contributed by atoms with Crippen LogP contribution in [0.15, 0.2) is 29.2 Å². The average Bonchev–Trinajstić information content (AvgIpc) is 2.37. The van der Waals surface area contributed by atoms with E-state index in [9.17, 15) is 23.6 Å². The summed E-state index contributed by atoms with van der Waals surface area (Å²) in [5, 5.41) is 23.6. The van der Waals surface area contributed by atoms with E-state index in [-0.39, 0.29) is 11.4 Å². The van der Waals surface area contributed by atoms with Crippen LogP contribution in [0.1, 0.15) is 13.8 Å². The van der Waals surface area contributed by atoms with Gasteiger partial charge in [-0.2, -0.15) is 0 Å². The molecule has 0 bridgehead atoms. The molecule has 7 nitrogen and oxygen atoms in total. The molecule has 0 aliphatic rings. The Labute approximate surface area is 124 Å². The minimum Gasteiger partial charge on any atom is -0.391 e. The Kier molecular flexibility index (Phi) is 6.25. The first-order valence-electron chi connectivity index (χ1n) is 6.59. The lowest BCUT2D eigenvalue weighted by molar-refractivity contribution is -0.387. The summed E-state index contributed by atoms with van der Waals surface area (Å²) in [6.45, 7) is 4.76. The summed E-state index contributed by atoms with van der Waals surface area (Å²) in [6, 6.07) is 5.14. The molecule has 0 saturated carbocycles. The van der Waals surface area contributed by atoms with Gasteiger partial charge >= 0.3 is 0 Å². The second-order valence-electron chi connectivity index (χ2n) is 5.21. The summed E-state index contributed by atoms with van der Waals surface area (Å²) in [5.74, 6) is -0.174. The summed E-state index contributed by atoms with van der Waals surface area (Å²) in [4.78, 5) is 9.76. The number of aliphatic hydroxyl groups is 1. The molecule has 1 aromatic rings. The lowest BCUT2D eigenvalue weighted by atomic mass is 10.2. The number of nitrogens with zero attached hydrogens (tertiary/aromatic N) is 1. The third-order valence-electron chi connectivity index (χ3n) is 2.74. The summed E-state index contributed by atoms with van der Waals surface area (Å²) >= 11 is 0. The van der Waals surface area contributed by atoms with Gasteiger partial charge in [0.1, 0.15) is 4.90 Å². The van der Waals surface area contributed by atoms with E-state index in [1.165, 1.54) is 18.2 Å². The molecule has 21 heavy (non-hydrogen) atoms. The topological polar surface area (TPSA) is 110 Å². The molecule has 0 aromatic heterocycles. The predicted molar refractivity (Wildman–Crippen MR) is 78.9 cm³/mol. The predicted octanol–water partition coefficient (Wildman–Crippen LogP) is 0.975. The van der Waals surface area contributed by atoms with Crippen molar-refractivity contribution in [3.8, 4) is 0 Å². The van der Waals surface area contributed by atoms with E-state index in [0.717, 1.165) is 6.07 Å². The Morgan fingerprint density at radius 2 is 1.90 bits per heavy atom. The fraction of sp³-hybridized carbons (Fsp3) is 0.538. The number of nitrogens with one attached hydrogen (secondary N) is 1. The molecule has 1 atom stereocenters. The number of nitro groups is 1. The Bertz CT molecular complexity index is 586. The lowest BCUT2D eigenvalue weighted by Gasteiger charge is -2.13. The molecule has 0 heterocycles. The molecule has 1 rings (SSSR count). The molecule has 2 N–H and O–H groups in total. The summed E-state index contributed by atoms with van der Waals surface area (Å²) in [7, 11) is -3.92. The van der Waals surface area contributed by atoms with Gasteiger partial charge in [-0.25, -0.2) is 8.42 Å². The highest BCUT2D eigenvalue weighted by molar-refractivity contribution is 7.91. The first kappa shape index (κ1) is 17.5. The van der Waals surface area contributed by atoms with Crippen LogP contribution in [-0.4, -0.2) is 43.4 Å². The molecule has 8 heteroatoms. The maximum Gasteiger partial charge on any atom is 0.287 e. The standard InChI is InChI=1S/C13H20N2O5S/c1-10(2)7-14-8-11(16)9-21(19,20)13-6-4-3-5-12(13)15(17)18/h3-6,10-11,14,16H,7-9H2,1-2H3. The number of nitro benzene ring substituents is 1. The maximum atomic E-state index is 12.2. The summed E-state index contributed by atoms with van der Waals surface area (Å²) < 4.78 is 24.3. The number of hydrogen-bond acceptors (Lipinski definition) is 6. The maximum absolute atomic E-state index is 12.2. The van der Waals surface area contributed by atoms with Crippen molar-refractivity contribution in [3.05, 3.63) is 34.4 Å². The van der Waals surface area contributed by atoms with E-state index in [1.54, 1.807) is 0 Å². The van der Waals surface area contributed by atoms with Crippen LogP contribution in [0.2, 0.25) is 0 Å². The summed E-state index contributed by atoms with van der Waals surface area (Å²) in [5.41, 5.74) is -0.472. The molecule has 1 unspecified atom stereocenters. The first-order chi connectivity index (χ1) is 9.74. The minimum absolute atomic E-state index is 0.123. The van der Waals surface area contributed by atoms with Gasteiger partial charge in [-0.15, -0.1) is 0 Å². The second-order valence-corrected chi connectivity index (χ2v) is 7.21. The number of benzene rings is 1. The molecule has 0 aliphatic heterocycles. The Balaban J connectivity index is 2.80. The van der Waals surface area contributed by atoms with Gasteiger partial charge in [0.05, 0.1) is 16.8 Å². The molecule has 0 aliphatic carbocycles. The number of hydrogen-bond donors (Lipinski definition) is 2. The van der Waals surface area contributed by atoms with E-state index in [0.29, 0.717) is 12.5 Å². The van der Waals surface area contributed by atoms with Crippen molar-refractivity contribution in [2.75, 3.05) is 18.8 Å². The molecular formula is C13H20N2O5S. The van der Waals surface area contributed by atoms with E-state index >= 15 is 0 Å². The Morgan fingerprint density at radius 3 is 2.48 bits per heavy atom. The number of para-hydroxylation sites is 1. The fourth-order valence-electron chi connectivity index (χ4n) is 1.81. The van der Waals surface area contributed by atoms with Crippen molar-refractivity contribution in [2.24, 2.45) is 5.92 Å². The molecule has 0 radical (unpaired) electrons. The van der Waals surface area contributed by atoms with Crippen LogP contribution < -0.4 is 5.32 Å². The monoisotopic (exact) mass is 316 g/mol. The molecule has 0 spiro atoms. The fourth-order valence-corrected chi connectivity index (χ4v) is 3.36. The Hall–Kier alpha value is -1.51. The third-order valence-corrected chi connectivity index (χ3v) is 4.58. The minimum atomic E-state index is -3.92. The van der Waals surface area contributed by atoms with E-state index in [1.807, 2.05) is 13.8 Å². The quantitative estimate of drug-likeness (QED) is 0.546. The van der Waals surface area contributed by atoms with E-state index in [2.05, 4.69) is 5.32 Å². The van der Waals surface area contributed by atoms with Gasteiger partial charge < -0.3 is 10.4 Å².